The zero-order chi connectivity index (χ0) is 14.0. The molecule has 1 heterocycles. The van der Waals surface area contributed by atoms with Crippen molar-refractivity contribution >= 4 is 11.7 Å². The van der Waals surface area contributed by atoms with Crippen LogP contribution >= 0.6 is 0 Å². The van der Waals surface area contributed by atoms with Crippen LogP contribution in [0, 0.1) is 5.92 Å². The molecule has 104 valence electrons. The zero-order valence-corrected chi connectivity index (χ0v) is 12.0. The van der Waals surface area contributed by atoms with Gasteiger partial charge in [0.1, 0.15) is 0 Å². The normalized spacial score (nSPS) is 18.2. The Morgan fingerprint density at radius 1 is 1.37 bits per heavy atom. The number of carbonyl (C=O) groups excluding carboxylic acids is 1. The van der Waals surface area contributed by atoms with Gasteiger partial charge in [0.15, 0.2) is 0 Å². The number of hydrogen-bond donors (Lipinski definition) is 1. The van der Waals surface area contributed by atoms with E-state index in [0.717, 1.165) is 12.1 Å². The number of fused-ring (bicyclic) bond motifs is 1. The Balaban J connectivity index is 2.25. The van der Waals surface area contributed by atoms with Crippen LogP contribution in [0.2, 0.25) is 0 Å². The van der Waals surface area contributed by atoms with E-state index in [-0.39, 0.29) is 12.1 Å². The molecule has 2 atom stereocenters. The maximum Gasteiger partial charge on any atom is 0.324 e. The van der Waals surface area contributed by atoms with Gasteiger partial charge in [-0.25, -0.2) is 4.79 Å². The molecule has 1 aliphatic rings. The Hall–Kier alpha value is -1.55. The van der Waals surface area contributed by atoms with Crippen molar-refractivity contribution in [2.24, 2.45) is 11.7 Å². The van der Waals surface area contributed by atoms with Crippen molar-refractivity contribution in [3.8, 4) is 0 Å². The predicted molar refractivity (Wildman–Crippen MR) is 78.1 cm³/mol. The Labute approximate surface area is 115 Å². The van der Waals surface area contributed by atoms with Gasteiger partial charge in [0.25, 0.3) is 0 Å². The summed E-state index contributed by atoms with van der Waals surface area (Å²) in [6.07, 6.45) is 1.03. The molecule has 0 fully saturated rings. The number of para-hydroxylation sites is 1. The first-order valence-electron chi connectivity index (χ1n) is 6.90. The quantitative estimate of drug-likeness (QED) is 0.905. The van der Waals surface area contributed by atoms with Gasteiger partial charge in [-0.2, -0.15) is 0 Å². The first-order chi connectivity index (χ1) is 9.04. The molecule has 1 aromatic rings. The number of rotatable bonds is 4. The summed E-state index contributed by atoms with van der Waals surface area (Å²) in [7, 11) is 1.83. The lowest BCUT2D eigenvalue weighted by molar-refractivity contribution is 0.209. The molecule has 0 saturated heterocycles. The molecular formula is C15H23N3O. The topological polar surface area (TPSA) is 49.6 Å². The van der Waals surface area contributed by atoms with Crippen LogP contribution < -0.4 is 10.6 Å². The Bertz CT molecular complexity index is 460. The molecule has 19 heavy (non-hydrogen) atoms. The number of amides is 2. The lowest BCUT2D eigenvalue weighted by atomic mass is 9.98. The van der Waals surface area contributed by atoms with Crippen LogP contribution in [0.4, 0.5) is 10.5 Å². The van der Waals surface area contributed by atoms with Crippen molar-refractivity contribution in [2.75, 3.05) is 18.5 Å². The number of benzene rings is 1. The predicted octanol–water partition coefficient (Wildman–Crippen LogP) is 2.43. The fourth-order valence-electron chi connectivity index (χ4n) is 2.41. The third-order valence-electron chi connectivity index (χ3n) is 4.02. The summed E-state index contributed by atoms with van der Waals surface area (Å²) in [5, 5.41) is 0. The van der Waals surface area contributed by atoms with Crippen LogP contribution in [0.1, 0.15) is 25.8 Å². The van der Waals surface area contributed by atoms with Crippen molar-refractivity contribution in [2.45, 2.75) is 32.9 Å². The third-order valence-corrected chi connectivity index (χ3v) is 4.02. The van der Waals surface area contributed by atoms with Gasteiger partial charge in [0.05, 0.1) is 5.69 Å². The molecule has 1 aromatic carbocycles. The fraction of sp³-hybridized carbons (Fsp3) is 0.533. The highest BCUT2D eigenvalue weighted by atomic mass is 16.2. The minimum atomic E-state index is 0.00788. The van der Waals surface area contributed by atoms with Crippen LogP contribution in [-0.2, 0) is 6.54 Å². The standard InChI is InChI=1S/C15H23N3O/c1-4-11(2)13(16)10-18-14-8-6-5-7-12(14)9-17(3)15(18)19/h5-8,11,13H,4,9-10,16H2,1-3H3. The highest BCUT2D eigenvalue weighted by molar-refractivity contribution is 5.94. The molecule has 2 amide bonds. The lowest BCUT2D eigenvalue weighted by Crippen LogP contribution is -2.51. The molecule has 0 aromatic heterocycles. The average Bonchev–Trinajstić information content (AvgIpc) is 2.42. The number of anilines is 1. The van der Waals surface area contributed by atoms with Crippen LogP contribution in [-0.4, -0.2) is 30.6 Å². The summed E-state index contributed by atoms with van der Waals surface area (Å²) in [6, 6.07) is 8.10. The van der Waals surface area contributed by atoms with Crippen molar-refractivity contribution in [3.63, 3.8) is 0 Å². The van der Waals surface area contributed by atoms with E-state index < -0.39 is 0 Å². The zero-order valence-electron chi connectivity index (χ0n) is 12.0. The molecule has 4 nitrogen and oxygen atoms in total. The first-order valence-corrected chi connectivity index (χ1v) is 6.90. The molecule has 1 aliphatic heterocycles. The van der Waals surface area contributed by atoms with Gasteiger partial charge in [0.2, 0.25) is 0 Å². The van der Waals surface area contributed by atoms with Gasteiger partial charge in [-0.05, 0) is 17.5 Å². The summed E-state index contributed by atoms with van der Waals surface area (Å²) in [5.41, 5.74) is 8.40. The van der Waals surface area contributed by atoms with Crippen molar-refractivity contribution in [3.05, 3.63) is 29.8 Å². The fourth-order valence-corrected chi connectivity index (χ4v) is 2.41. The number of hydrogen-bond acceptors (Lipinski definition) is 2. The SMILES string of the molecule is CCC(C)C(N)CN1C(=O)N(C)Cc2ccccc21. The highest BCUT2D eigenvalue weighted by Gasteiger charge is 2.29. The van der Waals surface area contributed by atoms with Crippen LogP contribution in [0.15, 0.2) is 24.3 Å². The van der Waals surface area contributed by atoms with Gasteiger partial charge in [-0.1, -0.05) is 38.5 Å². The summed E-state index contributed by atoms with van der Waals surface area (Å²) in [5.74, 6) is 0.409. The van der Waals surface area contributed by atoms with E-state index in [1.807, 2.05) is 30.1 Å². The number of nitrogens with zero attached hydrogens (tertiary/aromatic N) is 2. The Morgan fingerprint density at radius 3 is 2.74 bits per heavy atom. The van der Waals surface area contributed by atoms with E-state index >= 15 is 0 Å². The van der Waals surface area contributed by atoms with Gasteiger partial charge in [-0.3, -0.25) is 4.90 Å². The molecule has 2 N–H and O–H groups in total. The van der Waals surface area contributed by atoms with Crippen LogP contribution in [0.5, 0.6) is 0 Å². The van der Waals surface area contributed by atoms with E-state index in [1.54, 1.807) is 4.90 Å². The van der Waals surface area contributed by atoms with Crippen LogP contribution in [0.3, 0.4) is 0 Å². The molecule has 2 unspecified atom stereocenters. The molecule has 4 heteroatoms. The van der Waals surface area contributed by atoms with E-state index in [9.17, 15) is 4.79 Å². The van der Waals surface area contributed by atoms with Crippen molar-refractivity contribution < 1.29 is 4.79 Å². The van der Waals surface area contributed by atoms with Gasteiger partial charge in [0, 0.05) is 26.2 Å². The number of carbonyl (C=O) groups is 1. The lowest BCUT2D eigenvalue weighted by Gasteiger charge is -2.37. The minimum Gasteiger partial charge on any atom is -0.326 e. The second kappa shape index (κ2) is 5.61. The third kappa shape index (κ3) is 2.73. The molecule has 0 spiro atoms. The minimum absolute atomic E-state index is 0.00788. The Kier molecular flexibility index (Phi) is 4.10. The first kappa shape index (κ1) is 13.9. The molecule has 0 aliphatic carbocycles. The van der Waals surface area contributed by atoms with Crippen LogP contribution in [0.25, 0.3) is 0 Å². The average molecular weight is 261 g/mol. The van der Waals surface area contributed by atoms with Crippen molar-refractivity contribution in [1.29, 1.82) is 0 Å². The maximum atomic E-state index is 12.3. The summed E-state index contributed by atoms with van der Waals surface area (Å²) in [6.45, 7) is 5.51. The molecule has 0 saturated carbocycles. The smallest absolute Gasteiger partial charge is 0.324 e. The molecule has 2 rings (SSSR count). The number of nitrogens with two attached hydrogens (primary N) is 1. The van der Waals surface area contributed by atoms with E-state index in [4.69, 9.17) is 5.73 Å². The summed E-state index contributed by atoms with van der Waals surface area (Å²) < 4.78 is 0. The monoisotopic (exact) mass is 261 g/mol. The number of urea groups is 1. The molecular weight excluding hydrogens is 238 g/mol. The van der Waals surface area contributed by atoms with Gasteiger partial charge < -0.3 is 10.6 Å². The van der Waals surface area contributed by atoms with E-state index in [0.29, 0.717) is 19.0 Å². The van der Waals surface area contributed by atoms with Crippen molar-refractivity contribution in [1.82, 2.24) is 4.90 Å². The molecule has 0 radical (unpaired) electrons. The Morgan fingerprint density at radius 2 is 2.05 bits per heavy atom. The maximum absolute atomic E-state index is 12.3. The second-order valence-electron chi connectivity index (χ2n) is 5.43. The largest absolute Gasteiger partial charge is 0.326 e. The van der Waals surface area contributed by atoms with Gasteiger partial charge in [-0.15, -0.1) is 0 Å². The molecule has 0 bridgehead atoms. The summed E-state index contributed by atoms with van der Waals surface area (Å²) >= 11 is 0. The summed E-state index contributed by atoms with van der Waals surface area (Å²) in [4.78, 5) is 15.9. The van der Waals surface area contributed by atoms with Gasteiger partial charge >= 0.3 is 6.03 Å². The van der Waals surface area contributed by atoms with E-state index in [2.05, 4.69) is 19.9 Å². The second-order valence-corrected chi connectivity index (χ2v) is 5.43. The highest BCUT2D eigenvalue weighted by Crippen LogP contribution is 2.28. The van der Waals surface area contributed by atoms with E-state index in [1.165, 1.54) is 5.56 Å².